The van der Waals surface area contributed by atoms with Crippen LogP contribution in [0.5, 0.6) is 0 Å². The van der Waals surface area contributed by atoms with Crippen LogP contribution in [0.3, 0.4) is 0 Å². The van der Waals surface area contributed by atoms with Gasteiger partial charge in [0.2, 0.25) is 0 Å². The Labute approximate surface area is 169 Å². The van der Waals surface area contributed by atoms with E-state index in [0.29, 0.717) is 11.4 Å². The van der Waals surface area contributed by atoms with Crippen LogP contribution in [-0.4, -0.2) is 48.5 Å². The number of aromatic nitrogens is 5. The maximum absolute atomic E-state index is 12.8. The van der Waals surface area contributed by atoms with E-state index in [1.807, 2.05) is 25.7 Å². The molecule has 0 spiro atoms. The van der Waals surface area contributed by atoms with Gasteiger partial charge in [-0.25, -0.2) is 9.97 Å². The highest BCUT2D eigenvalue weighted by atomic mass is 16.5. The Kier molecular flexibility index (Phi) is 5.33. The zero-order valence-electron chi connectivity index (χ0n) is 16.9. The number of aryl methyl sites for hydroxylation is 4. The van der Waals surface area contributed by atoms with Crippen LogP contribution < -0.4 is 0 Å². The molecule has 1 fully saturated rings. The van der Waals surface area contributed by atoms with Crippen molar-refractivity contribution in [2.24, 2.45) is 0 Å². The molecule has 0 unspecified atom stereocenters. The predicted octanol–water partition coefficient (Wildman–Crippen LogP) is 3.08. The lowest BCUT2D eigenvalue weighted by Crippen LogP contribution is -2.36. The molecule has 1 amide bonds. The lowest BCUT2D eigenvalue weighted by Gasteiger charge is -2.24. The third-order valence-corrected chi connectivity index (χ3v) is 5.39. The van der Waals surface area contributed by atoms with Crippen molar-refractivity contribution in [3.8, 4) is 11.3 Å². The molecular weight excluding hydrogens is 368 g/mol. The Morgan fingerprint density at radius 1 is 1.10 bits per heavy atom. The number of hydrogen-bond donors (Lipinski definition) is 0. The van der Waals surface area contributed by atoms with Crippen LogP contribution in [0, 0.1) is 20.8 Å². The first-order valence-electron chi connectivity index (χ1n) is 9.86. The quantitative estimate of drug-likeness (QED) is 0.658. The molecule has 0 aliphatic carbocycles. The van der Waals surface area contributed by atoms with Crippen molar-refractivity contribution in [3.63, 3.8) is 0 Å². The van der Waals surface area contributed by atoms with E-state index in [2.05, 4.69) is 25.1 Å². The molecule has 0 bridgehead atoms. The highest BCUT2D eigenvalue weighted by molar-refractivity contribution is 5.94. The van der Waals surface area contributed by atoms with E-state index in [1.165, 1.54) is 0 Å². The summed E-state index contributed by atoms with van der Waals surface area (Å²) in [5.74, 6) is 1.41. The molecule has 8 nitrogen and oxygen atoms in total. The highest BCUT2D eigenvalue weighted by Gasteiger charge is 2.29. The molecule has 1 aliphatic rings. The number of carbonyl (C=O) groups is 1. The summed E-state index contributed by atoms with van der Waals surface area (Å²) < 4.78 is 5.21. The van der Waals surface area contributed by atoms with Crippen molar-refractivity contribution in [2.75, 3.05) is 6.54 Å². The van der Waals surface area contributed by atoms with E-state index in [1.54, 1.807) is 24.8 Å². The number of carbonyl (C=O) groups excluding carboxylic acids is 1. The van der Waals surface area contributed by atoms with E-state index in [4.69, 9.17) is 4.52 Å². The number of nitrogens with zero attached hydrogens (tertiary/aromatic N) is 6. The van der Waals surface area contributed by atoms with Gasteiger partial charge < -0.3 is 9.42 Å². The van der Waals surface area contributed by atoms with Gasteiger partial charge in [0, 0.05) is 31.2 Å². The largest absolute Gasteiger partial charge is 0.361 e. The second-order valence-corrected chi connectivity index (χ2v) is 7.44. The van der Waals surface area contributed by atoms with E-state index in [9.17, 15) is 4.79 Å². The van der Waals surface area contributed by atoms with Gasteiger partial charge in [-0.3, -0.25) is 14.8 Å². The Bertz CT molecular complexity index is 978. The molecule has 1 aliphatic heterocycles. The predicted molar refractivity (Wildman–Crippen MR) is 106 cm³/mol. The third-order valence-electron chi connectivity index (χ3n) is 5.39. The second-order valence-electron chi connectivity index (χ2n) is 7.44. The van der Waals surface area contributed by atoms with Crippen LogP contribution in [0.1, 0.15) is 52.6 Å². The third kappa shape index (κ3) is 4.01. The summed E-state index contributed by atoms with van der Waals surface area (Å²) in [5.41, 5.74) is 3.94. The topological polar surface area (TPSA) is 97.9 Å². The minimum Gasteiger partial charge on any atom is -0.361 e. The molecule has 8 heteroatoms. The Hall–Kier alpha value is -3.16. The van der Waals surface area contributed by atoms with Crippen molar-refractivity contribution in [3.05, 3.63) is 53.3 Å². The maximum Gasteiger partial charge on any atom is 0.257 e. The number of rotatable bonds is 5. The van der Waals surface area contributed by atoms with Crippen molar-refractivity contribution in [1.29, 1.82) is 0 Å². The zero-order chi connectivity index (χ0) is 20.4. The summed E-state index contributed by atoms with van der Waals surface area (Å²) in [4.78, 5) is 32.2. The molecule has 0 radical (unpaired) electrons. The molecule has 3 aromatic heterocycles. The standard InChI is InChI=1S/C21H24N6O2/c1-13-20(14(2)29-26-13)19-12-24-17(11-25-19)6-7-18-5-4-8-27(18)21(28)16-9-22-15(3)23-10-16/h9-12,18H,4-8H2,1-3H3/t18-/m0/s1. The Morgan fingerprint density at radius 2 is 1.90 bits per heavy atom. The van der Waals surface area contributed by atoms with Crippen LogP contribution >= 0.6 is 0 Å². The lowest BCUT2D eigenvalue weighted by molar-refractivity contribution is 0.0729. The first kappa shape index (κ1) is 19.2. The monoisotopic (exact) mass is 392 g/mol. The summed E-state index contributed by atoms with van der Waals surface area (Å²) in [7, 11) is 0. The van der Waals surface area contributed by atoms with Gasteiger partial charge in [0.05, 0.1) is 34.4 Å². The van der Waals surface area contributed by atoms with E-state index in [-0.39, 0.29) is 11.9 Å². The smallest absolute Gasteiger partial charge is 0.257 e. The maximum atomic E-state index is 12.8. The van der Waals surface area contributed by atoms with Crippen molar-refractivity contribution in [2.45, 2.75) is 52.5 Å². The van der Waals surface area contributed by atoms with Crippen LogP contribution in [-0.2, 0) is 6.42 Å². The molecule has 4 rings (SSSR count). The molecule has 1 atom stereocenters. The van der Waals surface area contributed by atoms with E-state index >= 15 is 0 Å². The lowest BCUT2D eigenvalue weighted by atomic mass is 10.1. The molecule has 0 aromatic carbocycles. The van der Waals surface area contributed by atoms with Crippen LogP contribution in [0.4, 0.5) is 0 Å². The van der Waals surface area contributed by atoms with E-state index in [0.717, 1.165) is 60.6 Å². The van der Waals surface area contributed by atoms with Crippen molar-refractivity contribution < 1.29 is 9.32 Å². The first-order chi connectivity index (χ1) is 14.0. The molecular formula is C21H24N6O2. The second kappa shape index (κ2) is 8.06. The minimum absolute atomic E-state index is 0.00680. The van der Waals surface area contributed by atoms with Crippen LogP contribution in [0.2, 0.25) is 0 Å². The SMILES string of the molecule is Cc1ncc(C(=O)N2CCC[C@H]2CCc2cnc(-c3c(C)noc3C)cn2)cn1. The number of hydrogen-bond acceptors (Lipinski definition) is 7. The fourth-order valence-corrected chi connectivity index (χ4v) is 3.85. The summed E-state index contributed by atoms with van der Waals surface area (Å²) in [6, 6.07) is 0.202. The fourth-order valence-electron chi connectivity index (χ4n) is 3.85. The fraction of sp³-hybridized carbons (Fsp3) is 0.429. The minimum atomic E-state index is 0.00680. The average Bonchev–Trinajstić information content (AvgIpc) is 3.33. The molecule has 4 heterocycles. The molecule has 3 aromatic rings. The summed E-state index contributed by atoms with van der Waals surface area (Å²) >= 11 is 0. The van der Waals surface area contributed by atoms with Gasteiger partial charge in [0.1, 0.15) is 11.6 Å². The van der Waals surface area contributed by atoms with Crippen LogP contribution in [0.25, 0.3) is 11.3 Å². The van der Waals surface area contributed by atoms with Gasteiger partial charge in [-0.15, -0.1) is 0 Å². The van der Waals surface area contributed by atoms with Gasteiger partial charge >= 0.3 is 0 Å². The highest BCUT2D eigenvalue weighted by Crippen LogP contribution is 2.26. The zero-order valence-corrected chi connectivity index (χ0v) is 16.9. The molecule has 150 valence electrons. The number of likely N-dealkylation sites (tertiary alicyclic amines) is 1. The average molecular weight is 392 g/mol. The first-order valence-corrected chi connectivity index (χ1v) is 9.86. The Balaban J connectivity index is 1.40. The molecule has 29 heavy (non-hydrogen) atoms. The summed E-state index contributed by atoms with van der Waals surface area (Å²) in [6.07, 6.45) is 10.4. The molecule has 0 saturated carbocycles. The molecule has 0 N–H and O–H groups in total. The van der Waals surface area contributed by atoms with E-state index < -0.39 is 0 Å². The van der Waals surface area contributed by atoms with Gasteiger partial charge in [-0.2, -0.15) is 0 Å². The Morgan fingerprint density at radius 3 is 2.55 bits per heavy atom. The van der Waals surface area contributed by atoms with Gasteiger partial charge in [-0.05, 0) is 46.5 Å². The van der Waals surface area contributed by atoms with Crippen LogP contribution in [0.15, 0.2) is 29.3 Å². The normalized spacial score (nSPS) is 16.4. The summed E-state index contributed by atoms with van der Waals surface area (Å²) in [6.45, 7) is 6.35. The van der Waals surface area contributed by atoms with Gasteiger partial charge in [-0.1, -0.05) is 5.16 Å². The summed E-state index contributed by atoms with van der Waals surface area (Å²) in [5, 5.41) is 3.97. The van der Waals surface area contributed by atoms with Gasteiger partial charge in [0.15, 0.2) is 0 Å². The number of amides is 1. The van der Waals surface area contributed by atoms with Gasteiger partial charge in [0.25, 0.3) is 5.91 Å². The van der Waals surface area contributed by atoms with Crippen molar-refractivity contribution >= 4 is 5.91 Å². The molecule has 1 saturated heterocycles. The van der Waals surface area contributed by atoms with Crippen molar-refractivity contribution in [1.82, 2.24) is 30.0 Å².